The molecule has 1 atom stereocenters. The normalized spacial score (nSPS) is 26.7. The van der Waals surface area contributed by atoms with Crippen molar-refractivity contribution in [1.29, 1.82) is 0 Å². The Balaban J connectivity index is 1.73. The fraction of sp³-hybridized carbons (Fsp3) is 0.650. The second-order valence-electron chi connectivity index (χ2n) is 7.72. The minimum atomic E-state index is -0.346. The summed E-state index contributed by atoms with van der Waals surface area (Å²) < 4.78 is -0.346. The fourth-order valence-corrected chi connectivity index (χ4v) is 5.57. The highest BCUT2D eigenvalue weighted by Crippen LogP contribution is 2.46. The van der Waals surface area contributed by atoms with E-state index in [1.807, 2.05) is 25.6 Å². The SMILES string of the molecule is CCCCC1(N2CCN(c3ccccc3C)CC2)NC(=O)C(C)(C)S1. The Labute approximate surface area is 156 Å². The molecule has 5 heteroatoms. The Hall–Kier alpha value is -1.20. The molecule has 2 aliphatic rings. The Bertz CT molecular complexity index is 625. The molecule has 0 bridgehead atoms. The lowest BCUT2D eigenvalue weighted by molar-refractivity contribution is -0.124. The number of unbranched alkanes of at least 4 members (excludes halogenated alkanes) is 1. The first-order valence-corrected chi connectivity index (χ1v) is 10.3. The number of nitrogens with one attached hydrogen (secondary N) is 1. The number of piperazine rings is 1. The molecule has 2 saturated heterocycles. The molecule has 0 saturated carbocycles. The van der Waals surface area contributed by atoms with Crippen molar-refractivity contribution in [2.24, 2.45) is 0 Å². The molecule has 1 aromatic rings. The number of thioether (sulfide) groups is 1. The molecule has 0 aliphatic carbocycles. The zero-order valence-electron chi connectivity index (χ0n) is 16.0. The van der Waals surface area contributed by atoms with Crippen LogP contribution in [0.1, 0.15) is 45.6 Å². The molecular weight excluding hydrogens is 330 g/mol. The molecule has 1 aromatic carbocycles. The van der Waals surface area contributed by atoms with Gasteiger partial charge >= 0.3 is 0 Å². The van der Waals surface area contributed by atoms with Crippen LogP contribution in [0.4, 0.5) is 5.69 Å². The van der Waals surface area contributed by atoms with Gasteiger partial charge in [0, 0.05) is 31.9 Å². The zero-order valence-corrected chi connectivity index (χ0v) is 16.8. The van der Waals surface area contributed by atoms with Crippen molar-refractivity contribution < 1.29 is 4.79 Å². The van der Waals surface area contributed by atoms with E-state index in [0.717, 1.165) is 45.4 Å². The maximum atomic E-state index is 12.5. The maximum Gasteiger partial charge on any atom is 0.237 e. The molecule has 1 N–H and O–H groups in total. The van der Waals surface area contributed by atoms with Gasteiger partial charge in [0.15, 0.2) is 0 Å². The van der Waals surface area contributed by atoms with Crippen molar-refractivity contribution in [1.82, 2.24) is 10.2 Å². The summed E-state index contributed by atoms with van der Waals surface area (Å²) in [6.45, 7) is 12.5. The van der Waals surface area contributed by atoms with E-state index < -0.39 is 0 Å². The van der Waals surface area contributed by atoms with Gasteiger partial charge in [0.2, 0.25) is 5.91 Å². The fourth-order valence-electron chi connectivity index (χ4n) is 3.88. The third kappa shape index (κ3) is 3.68. The quantitative estimate of drug-likeness (QED) is 0.869. The molecule has 1 unspecified atom stereocenters. The lowest BCUT2D eigenvalue weighted by Crippen LogP contribution is -2.60. The highest BCUT2D eigenvalue weighted by molar-refractivity contribution is 8.03. The molecule has 3 rings (SSSR count). The third-order valence-electron chi connectivity index (χ3n) is 5.40. The molecule has 138 valence electrons. The summed E-state index contributed by atoms with van der Waals surface area (Å²) in [4.78, 5) is 17.2. The van der Waals surface area contributed by atoms with Gasteiger partial charge in [-0.3, -0.25) is 9.69 Å². The van der Waals surface area contributed by atoms with E-state index in [1.165, 1.54) is 11.3 Å². The molecule has 1 amide bonds. The number of rotatable bonds is 5. The highest BCUT2D eigenvalue weighted by atomic mass is 32.2. The van der Waals surface area contributed by atoms with Crippen LogP contribution in [0.5, 0.6) is 0 Å². The van der Waals surface area contributed by atoms with Crippen molar-refractivity contribution in [2.75, 3.05) is 31.1 Å². The number of nitrogens with zero attached hydrogens (tertiary/aromatic N) is 2. The van der Waals surface area contributed by atoms with Gasteiger partial charge in [-0.15, -0.1) is 11.8 Å². The average Bonchev–Trinajstić information content (AvgIpc) is 2.84. The van der Waals surface area contributed by atoms with Crippen LogP contribution in [-0.4, -0.2) is 46.7 Å². The molecule has 2 fully saturated rings. The summed E-state index contributed by atoms with van der Waals surface area (Å²) in [5.41, 5.74) is 2.68. The van der Waals surface area contributed by atoms with Gasteiger partial charge in [0.1, 0.15) is 4.99 Å². The van der Waals surface area contributed by atoms with Crippen molar-refractivity contribution in [3.63, 3.8) is 0 Å². The number of anilines is 1. The van der Waals surface area contributed by atoms with E-state index in [2.05, 4.69) is 53.2 Å². The number of para-hydroxylation sites is 1. The Kier molecular flexibility index (Phi) is 5.35. The summed E-state index contributed by atoms with van der Waals surface area (Å²) in [5.74, 6) is 0.176. The molecule has 2 aliphatic heterocycles. The smallest absolute Gasteiger partial charge is 0.237 e. The topological polar surface area (TPSA) is 35.6 Å². The molecule has 0 aromatic heterocycles. The highest BCUT2D eigenvalue weighted by Gasteiger charge is 2.52. The Morgan fingerprint density at radius 1 is 1.16 bits per heavy atom. The van der Waals surface area contributed by atoms with Crippen LogP contribution in [0.2, 0.25) is 0 Å². The van der Waals surface area contributed by atoms with Gasteiger partial charge in [-0.2, -0.15) is 0 Å². The summed E-state index contributed by atoms with van der Waals surface area (Å²) in [6.07, 6.45) is 3.32. The van der Waals surface area contributed by atoms with E-state index >= 15 is 0 Å². The van der Waals surface area contributed by atoms with Crippen LogP contribution < -0.4 is 10.2 Å². The summed E-state index contributed by atoms with van der Waals surface area (Å²) in [5, 5.41) is 3.36. The number of carbonyl (C=O) groups excluding carboxylic acids is 1. The predicted molar refractivity (Wildman–Crippen MR) is 107 cm³/mol. The van der Waals surface area contributed by atoms with Gasteiger partial charge in [0.05, 0.1) is 4.75 Å². The molecule has 0 radical (unpaired) electrons. The van der Waals surface area contributed by atoms with Gasteiger partial charge in [0.25, 0.3) is 0 Å². The first kappa shape index (κ1) is 18.6. The van der Waals surface area contributed by atoms with Crippen LogP contribution in [0, 0.1) is 6.92 Å². The average molecular weight is 362 g/mol. The van der Waals surface area contributed by atoms with Crippen LogP contribution in [-0.2, 0) is 4.79 Å². The molecule has 2 heterocycles. The third-order valence-corrected chi connectivity index (χ3v) is 6.99. The van der Waals surface area contributed by atoms with Gasteiger partial charge in [-0.05, 0) is 45.2 Å². The molecule has 4 nitrogen and oxygen atoms in total. The second-order valence-corrected chi connectivity index (χ2v) is 9.62. The van der Waals surface area contributed by atoms with Crippen molar-refractivity contribution >= 4 is 23.4 Å². The summed E-state index contributed by atoms with van der Waals surface area (Å²) in [6, 6.07) is 8.61. The number of amides is 1. The van der Waals surface area contributed by atoms with Gasteiger partial charge in [-0.1, -0.05) is 31.5 Å². The first-order valence-electron chi connectivity index (χ1n) is 9.46. The Morgan fingerprint density at radius 3 is 2.40 bits per heavy atom. The lowest BCUT2D eigenvalue weighted by Gasteiger charge is -2.46. The number of aryl methyl sites for hydroxylation is 1. The minimum Gasteiger partial charge on any atom is -0.369 e. The van der Waals surface area contributed by atoms with Gasteiger partial charge < -0.3 is 10.2 Å². The van der Waals surface area contributed by atoms with Crippen molar-refractivity contribution in [3.8, 4) is 0 Å². The summed E-state index contributed by atoms with van der Waals surface area (Å²) >= 11 is 1.82. The Morgan fingerprint density at radius 2 is 1.84 bits per heavy atom. The number of benzene rings is 1. The van der Waals surface area contributed by atoms with Crippen LogP contribution >= 0.6 is 11.8 Å². The molecular formula is C20H31N3OS. The van der Waals surface area contributed by atoms with Crippen LogP contribution in [0.3, 0.4) is 0 Å². The minimum absolute atomic E-state index is 0.176. The van der Waals surface area contributed by atoms with E-state index in [-0.39, 0.29) is 15.6 Å². The van der Waals surface area contributed by atoms with Crippen LogP contribution in [0.15, 0.2) is 24.3 Å². The summed E-state index contributed by atoms with van der Waals surface area (Å²) in [7, 11) is 0. The zero-order chi connectivity index (χ0) is 18.1. The molecule has 25 heavy (non-hydrogen) atoms. The number of carbonyl (C=O) groups is 1. The lowest BCUT2D eigenvalue weighted by atomic mass is 10.1. The maximum absolute atomic E-state index is 12.5. The van der Waals surface area contributed by atoms with E-state index in [4.69, 9.17) is 0 Å². The monoisotopic (exact) mass is 361 g/mol. The van der Waals surface area contributed by atoms with Gasteiger partial charge in [-0.25, -0.2) is 0 Å². The number of hydrogen-bond donors (Lipinski definition) is 1. The first-order chi connectivity index (χ1) is 11.9. The van der Waals surface area contributed by atoms with E-state index in [9.17, 15) is 4.79 Å². The van der Waals surface area contributed by atoms with E-state index in [1.54, 1.807) is 0 Å². The predicted octanol–water partition coefficient (Wildman–Crippen LogP) is 3.60. The number of hydrogen-bond acceptors (Lipinski definition) is 4. The van der Waals surface area contributed by atoms with E-state index in [0.29, 0.717) is 0 Å². The van der Waals surface area contributed by atoms with Crippen molar-refractivity contribution in [2.45, 2.75) is 56.7 Å². The molecule has 0 spiro atoms. The largest absolute Gasteiger partial charge is 0.369 e. The standard InChI is InChI=1S/C20H31N3OS/c1-5-6-11-20(21-18(24)19(3,4)25-20)23-14-12-22(13-15-23)17-10-8-7-9-16(17)2/h7-10H,5-6,11-15H2,1-4H3,(H,21,24). The van der Waals surface area contributed by atoms with Crippen molar-refractivity contribution in [3.05, 3.63) is 29.8 Å². The second kappa shape index (κ2) is 7.20. The van der Waals surface area contributed by atoms with Crippen LogP contribution in [0.25, 0.3) is 0 Å².